The molecule has 18 heavy (non-hydrogen) atoms. The number of carbonyl (C=O) groups excluding carboxylic acids is 1. The molecule has 1 aromatic rings. The van der Waals surface area contributed by atoms with E-state index in [1.807, 2.05) is 6.07 Å². The summed E-state index contributed by atoms with van der Waals surface area (Å²) in [4.78, 5) is 23.9. The average Bonchev–Trinajstić information content (AvgIpc) is 2.81. The van der Waals surface area contributed by atoms with Crippen LogP contribution in [0.5, 0.6) is 5.75 Å². The first-order valence-electron chi connectivity index (χ1n) is 5.81. The van der Waals surface area contributed by atoms with Gasteiger partial charge in [0, 0.05) is 25.6 Å². The van der Waals surface area contributed by atoms with Gasteiger partial charge in [-0.15, -0.1) is 0 Å². The van der Waals surface area contributed by atoms with Crippen LogP contribution in [-0.4, -0.2) is 42.1 Å². The number of carboxylic acid groups (broad SMARTS) is 1. The lowest BCUT2D eigenvalue weighted by Crippen LogP contribution is -2.29. The number of rotatable bonds is 4. The number of ether oxygens (including phenoxy) is 1. The maximum atomic E-state index is 12.0. The van der Waals surface area contributed by atoms with Crippen LogP contribution in [0, 0.1) is 0 Å². The fraction of sp³-hybridized carbons (Fsp3) is 0.385. The SMILES string of the molecule is CN(CCC(=O)O)C(=O)c1ccc2c(c1)CCO2. The highest BCUT2D eigenvalue weighted by molar-refractivity contribution is 5.94. The Morgan fingerprint density at radius 3 is 2.94 bits per heavy atom. The number of amides is 1. The zero-order valence-corrected chi connectivity index (χ0v) is 10.2. The number of benzene rings is 1. The second-order valence-corrected chi connectivity index (χ2v) is 4.29. The van der Waals surface area contributed by atoms with E-state index in [-0.39, 0.29) is 18.9 Å². The highest BCUT2D eigenvalue weighted by Crippen LogP contribution is 2.26. The van der Waals surface area contributed by atoms with Gasteiger partial charge >= 0.3 is 5.97 Å². The Balaban J connectivity index is 2.06. The molecule has 5 heteroatoms. The van der Waals surface area contributed by atoms with Crippen molar-refractivity contribution in [1.82, 2.24) is 4.90 Å². The molecule has 1 aliphatic rings. The monoisotopic (exact) mass is 249 g/mol. The van der Waals surface area contributed by atoms with E-state index < -0.39 is 5.97 Å². The van der Waals surface area contributed by atoms with Gasteiger partial charge in [-0.2, -0.15) is 0 Å². The van der Waals surface area contributed by atoms with Crippen molar-refractivity contribution in [3.05, 3.63) is 29.3 Å². The Bertz CT molecular complexity index is 484. The normalized spacial score (nSPS) is 12.7. The van der Waals surface area contributed by atoms with Gasteiger partial charge in [-0.1, -0.05) is 0 Å². The first kappa shape index (κ1) is 12.4. The molecule has 1 aromatic carbocycles. The van der Waals surface area contributed by atoms with Gasteiger partial charge in [-0.25, -0.2) is 0 Å². The second kappa shape index (κ2) is 5.08. The molecule has 96 valence electrons. The Morgan fingerprint density at radius 2 is 2.22 bits per heavy atom. The number of fused-ring (bicyclic) bond motifs is 1. The van der Waals surface area contributed by atoms with Crippen LogP contribution >= 0.6 is 0 Å². The average molecular weight is 249 g/mol. The molecule has 0 aromatic heterocycles. The van der Waals surface area contributed by atoms with Crippen LogP contribution < -0.4 is 4.74 Å². The van der Waals surface area contributed by atoms with Crippen LogP contribution in [0.4, 0.5) is 0 Å². The number of hydrogen-bond acceptors (Lipinski definition) is 3. The topological polar surface area (TPSA) is 66.8 Å². The fourth-order valence-electron chi connectivity index (χ4n) is 1.90. The van der Waals surface area contributed by atoms with E-state index in [4.69, 9.17) is 9.84 Å². The standard InChI is InChI=1S/C13H15NO4/c1-14(6-4-12(15)16)13(17)10-2-3-11-9(8-10)5-7-18-11/h2-3,8H,4-7H2,1H3,(H,15,16). The molecular formula is C13H15NO4. The third kappa shape index (κ3) is 2.61. The lowest BCUT2D eigenvalue weighted by molar-refractivity contribution is -0.137. The maximum absolute atomic E-state index is 12.0. The minimum absolute atomic E-state index is 0.0453. The summed E-state index contributed by atoms with van der Waals surface area (Å²) in [6.45, 7) is 0.865. The summed E-state index contributed by atoms with van der Waals surface area (Å²) in [5, 5.41) is 8.59. The van der Waals surface area contributed by atoms with Crippen LogP contribution in [-0.2, 0) is 11.2 Å². The Labute approximate surface area is 105 Å². The van der Waals surface area contributed by atoms with Gasteiger partial charge in [0.15, 0.2) is 0 Å². The van der Waals surface area contributed by atoms with Crippen molar-refractivity contribution in [3.8, 4) is 5.75 Å². The molecule has 5 nitrogen and oxygen atoms in total. The van der Waals surface area contributed by atoms with Crippen LogP contribution in [0.25, 0.3) is 0 Å². The van der Waals surface area contributed by atoms with Crippen molar-refractivity contribution in [1.29, 1.82) is 0 Å². The highest BCUT2D eigenvalue weighted by atomic mass is 16.5. The van der Waals surface area contributed by atoms with Gasteiger partial charge in [-0.3, -0.25) is 9.59 Å². The molecule has 0 atom stereocenters. The number of aliphatic carboxylic acids is 1. The fourth-order valence-corrected chi connectivity index (χ4v) is 1.90. The van der Waals surface area contributed by atoms with Crippen LogP contribution in [0.15, 0.2) is 18.2 Å². The molecule has 0 saturated carbocycles. The highest BCUT2D eigenvalue weighted by Gasteiger charge is 2.17. The van der Waals surface area contributed by atoms with E-state index in [1.54, 1.807) is 19.2 Å². The van der Waals surface area contributed by atoms with Gasteiger partial charge in [0.1, 0.15) is 5.75 Å². The van der Waals surface area contributed by atoms with E-state index in [2.05, 4.69) is 0 Å². The number of nitrogens with zero attached hydrogens (tertiary/aromatic N) is 1. The van der Waals surface area contributed by atoms with Gasteiger partial charge in [0.2, 0.25) is 0 Å². The van der Waals surface area contributed by atoms with E-state index >= 15 is 0 Å². The summed E-state index contributed by atoms with van der Waals surface area (Å²) < 4.78 is 5.37. The minimum atomic E-state index is -0.906. The first-order chi connectivity index (χ1) is 8.58. The molecule has 0 fully saturated rings. The number of hydrogen-bond donors (Lipinski definition) is 1. The first-order valence-corrected chi connectivity index (χ1v) is 5.81. The van der Waals surface area contributed by atoms with E-state index in [0.29, 0.717) is 12.2 Å². The van der Waals surface area contributed by atoms with Crippen molar-refractivity contribution in [3.63, 3.8) is 0 Å². The largest absolute Gasteiger partial charge is 0.493 e. The zero-order valence-electron chi connectivity index (χ0n) is 10.2. The van der Waals surface area contributed by atoms with Gasteiger partial charge < -0.3 is 14.7 Å². The Kier molecular flexibility index (Phi) is 3.50. The summed E-state index contributed by atoms with van der Waals surface area (Å²) in [5.74, 6) is -0.234. The molecule has 0 aliphatic carbocycles. The molecule has 1 N–H and O–H groups in total. The summed E-state index contributed by atoms with van der Waals surface area (Å²) in [6.07, 6.45) is 0.769. The minimum Gasteiger partial charge on any atom is -0.493 e. The molecule has 0 bridgehead atoms. The van der Waals surface area contributed by atoms with Crippen molar-refractivity contribution < 1.29 is 19.4 Å². The summed E-state index contributed by atoms with van der Waals surface area (Å²) in [7, 11) is 1.61. The van der Waals surface area contributed by atoms with Crippen molar-refractivity contribution in [2.24, 2.45) is 0 Å². The maximum Gasteiger partial charge on any atom is 0.305 e. The third-order valence-electron chi connectivity index (χ3n) is 2.94. The number of carboxylic acids is 1. The van der Waals surface area contributed by atoms with E-state index in [9.17, 15) is 9.59 Å². The lowest BCUT2D eigenvalue weighted by Gasteiger charge is -2.16. The summed E-state index contributed by atoms with van der Waals surface area (Å²) >= 11 is 0. The molecule has 0 unspecified atom stereocenters. The van der Waals surface area contributed by atoms with Crippen molar-refractivity contribution in [2.75, 3.05) is 20.2 Å². The van der Waals surface area contributed by atoms with Gasteiger partial charge in [0.25, 0.3) is 5.91 Å². The third-order valence-corrected chi connectivity index (χ3v) is 2.94. The van der Waals surface area contributed by atoms with Crippen molar-refractivity contribution in [2.45, 2.75) is 12.8 Å². The molecule has 0 spiro atoms. The van der Waals surface area contributed by atoms with Gasteiger partial charge in [-0.05, 0) is 23.8 Å². The summed E-state index contributed by atoms with van der Waals surface area (Å²) in [6, 6.07) is 5.33. The summed E-state index contributed by atoms with van der Waals surface area (Å²) in [5.41, 5.74) is 1.61. The molecule has 2 rings (SSSR count). The molecule has 0 saturated heterocycles. The Hall–Kier alpha value is -2.04. The Morgan fingerprint density at radius 1 is 1.44 bits per heavy atom. The van der Waals surface area contributed by atoms with E-state index in [0.717, 1.165) is 17.7 Å². The van der Waals surface area contributed by atoms with Crippen LogP contribution in [0.2, 0.25) is 0 Å². The molecule has 1 amide bonds. The lowest BCUT2D eigenvalue weighted by atomic mass is 10.1. The van der Waals surface area contributed by atoms with E-state index in [1.165, 1.54) is 4.90 Å². The smallest absolute Gasteiger partial charge is 0.305 e. The predicted molar refractivity (Wildman–Crippen MR) is 64.9 cm³/mol. The quantitative estimate of drug-likeness (QED) is 0.869. The van der Waals surface area contributed by atoms with Crippen LogP contribution in [0.3, 0.4) is 0 Å². The predicted octanol–water partition coefficient (Wildman–Crippen LogP) is 1.17. The van der Waals surface area contributed by atoms with Crippen LogP contribution in [0.1, 0.15) is 22.3 Å². The molecule has 1 aliphatic heterocycles. The molecule has 1 heterocycles. The number of carbonyl (C=O) groups is 2. The second-order valence-electron chi connectivity index (χ2n) is 4.29. The molecule has 0 radical (unpaired) electrons. The van der Waals surface area contributed by atoms with Gasteiger partial charge in [0.05, 0.1) is 13.0 Å². The van der Waals surface area contributed by atoms with Crippen molar-refractivity contribution >= 4 is 11.9 Å². The zero-order chi connectivity index (χ0) is 13.1. The molecular weight excluding hydrogens is 234 g/mol.